The number of rotatable bonds is 3. The van der Waals surface area contributed by atoms with Gasteiger partial charge in [-0.3, -0.25) is 0 Å². The fraction of sp³-hybridized carbons (Fsp3) is 0.143. The van der Waals surface area contributed by atoms with Gasteiger partial charge in [-0.25, -0.2) is 0 Å². The molecule has 18 heavy (non-hydrogen) atoms. The van der Waals surface area contributed by atoms with Gasteiger partial charge in [0.2, 0.25) is 0 Å². The minimum atomic E-state index is -0.903. The number of benzene rings is 2. The molecule has 0 aliphatic heterocycles. The number of aliphatic hydroxyl groups is 2. The number of halogens is 2. The van der Waals surface area contributed by atoms with Crippen molar-refractivity contribution in [2.75, 3.05) is 0 Å². The van der Waals surface area contributed by atoms with Gasteiger partial charge < -0.3 is 10.2 Å². The van der Waals surface area contributed by atoms with Crippen LogP contribution >= 0.6 is 23.2 Å². The summed E-state index contributed by atoms with van der Waals surface area (Å²) in [6.45, 7) is -0.159. The Balaban J connectivity index is 2.48. The fourth-order valence-corrected chi connectivity index (χ4v) is 2.25. The second-order valence-electron chi connectivity index (χ2n) is 3.93. The van der Waals surface area contributed by atoms with E-state index in [0.29, 0.717) is 26.7 Å². The lowest BCUT2D eigenvalue weighted by Gasteiger charge is -2.16. The summed E-state index contributed by atoms with van der Waals surface area (Å²) < 4.78 is 0. The van der Waals surface area contributed by atoms with Crippen molar-refractivity contribution in [3.05, 3.63) is 69.2 Å². The summed E-state index contributed by atoms with van der Waals surface area (Å²) in [5.74, 6) is 0. The van der Waals surface area contributed by atoms with E-state index in [2.05, 4.69) is 0 Å². The van der Waals surface area contributed by atoms with Crippen LogP contribution in [0.2, 0.25) is 10.0 Å². The first-order chi connectivity index (χ1) is 8.63. The molecule has 0 spiro atoms. The molecule has 0 saturated carbocycles. The maximum atomic E-state index is 10.4. The van der Waals surface area contributed by atoms with E-state index in [1.54, 1.807) is 42.5 Å². The molecule has 0 aliphatic carbocycles. The van der Waals surface area contributed by atoms with Gasteiger partial charge in [0.25, 0.3) is 0 Å². The van der Waals surface area contributed by atoms with E-state index in [1.165, 1.54) is 0 Å². The Morgan fingerprint density at radius 3 is 2.39 bits per heavy atom. The summed E-state index contributed by atoms with van der Waals surface area (Å²) in [5.41, 5.74) is 1.79. The van der Waals surface area contributed by atoms with Crippen LogP contribution in [0.3, 0.4) is 0 Å². The van der Waals surface area contributed by atoms with Gasteiger partial charge >= 0.3 is 0 Å². The highest BCUT2D eigenvalue weighted by Gasteiger charge is 2.17. The minimum Gasteiger partial charge on any atom is -0.392 e. The molecule has 0 heterocycles. The molecule has 0 radical (unpaired) electrons. The SMILES string of the molecule is OCc1ccc(Cl)cc1C(O)c1ccccc1Cl. The molecule has 2 N–H and O–H groups in total. The van der Waals surface area contributed by atoms with Crippen LogP contribution in [0, 0.1) is 0 Å². The molecule has 0 bridgehead atoms. The van der Waals surface area contributed by atoms with Crippen LogP contribution in [-0.2, 0) is 6.61 Å². The van der Waals surface area contributed by atoms with Gasteiger partial charge in [-0.2, -0.15) is 0 Å². The topological polar surface area (TPSA) is 40.5 Å². The molecule has 0 saturated heterocycles. The largest absolute Gasteiger partial charge is 0.392 e. The Morgan fingerprint density at radius 2 is 1.72 bits per heavy atom. The Hall–Kier alpha value is -1.06. The minimum absolute atomic E-state index is 0.159. The van der Waals surface area contributed by atoms with Crippen molar-refractivity contribution >= 4 is 23.2 Å². The maximum absolute atomic E-state index is 10.4. The number of hydrogen-bond donors (Lipinski definition) is 2. The zero-order valence-electron chi connectivity index (χ0n) is 9.48. The first kappa shape index (κ1) is 13.4. The zero-order chi connectivity index (χ0) is 13.1. The molecule has 94 valence electrons. The van der Waals surface area contributed by atoms with E-state index < -0.39 is 6.10 Å². The van der Waals surface area contributed by atoms with E-state index in [4.69, 9.17) is 23.2 Å². The fourth-order valence-electron chi connectivity index (χ4n) is 1.83. The average Bonchev–Trinajstić information content (AvgIpc) is 2.38. The molecule has 2 aromatic rings. The summed E-state index contributed by atoms with van der Waals surface area (Å²) in [4.78, 5) is 0. The molecular formula is C14H12Cl2O2. The van der Waals surface area contributed by atoms with Gasteiger partial charge in [0.1, 0.15) is 6.10 Å². The molecule has 2 rings (SSSR count). The van der Waals surface area contributed by atoms with Crippen molar-refractivity contribution in [2.24, 2.45) is 0 Å². The number of hydrogen-bond acceptors (Lipinski definition) is 2. The van der Waals surface area contributed by atoms with Gasteiger partial charge in [0, 0.05) is 15.6 Å². The molecule has 1 unspecified atom stereocenters. The monoisotopic (exact) mass is 282 g/mol. The van der Waals surface area contributed by atoms with E-state index >= 15 is 0 Å². The second kappa shape index (κ2) is 5.72. The van der Waals surface area contributed by atoms with Gasteiger partial charge in [-0.05, 0) is 29.3 Å². The summed E-state index contributed by atoms with van der Waals surface area (Å²) in [5, 5.41) is 20.6. The van der Waals surface area contributed by atoms with E-state index in [0.717, 1.165) is 0 Å². The molecule has 0 aromatic heterocycles. The Labute approximate surface area is 115 Å². The van der Waals surface area contributed by atoms with E-state index in [-0.39, 0.29) is 6.61 Å². The smallest absolute Gasteiger partial charge is 0.106 e. The summed E-state index contributed by atoms with van der Waals surface area (Å²) in [6.07, 6.45) is -0.903. The molecule has 0 aliphatic rings. The van der Waals surface area contributed by atoms with Crippen LogP contribution in [0.15, 0.2) is 42.5 Å². The predicted octanol–water partition coefficient (Wildman–Crippen LogP) is 3.57. The van der Waals surface area contributed by atoms with Crippen molar-refractivity contribution in [2.45, 2.75) is 12.7 Å². The lowest BCUT2D eigenvalue weighted by atomic mass is 9.97. The van der Waals surface area contributed by atoms with Gasteiger partial charge in [-0.1, -0.05) is 47.5 Å². The highest BCUT2D eigenvalue weighted by Crippen LogP contribution is 2.31. The van der Waals surface area contributed by atoms with Crippen molar-refractivity contribution in [3.63, 3.8) is 0 Å². The summed E-state index contributed by atoms with van der Waals surface area (Å²) in [6, 6.07) is 12.1. The third-order valence-corrected chi connectivity index (χ3v) is 3.35. The first-order valence-electron chi connectivity index (χ1n) is 5.45. The first-order valence-corrected chi connectivity index (χ1v) is 6.20. The third kappa shape index (κ3) is 2.68. The Morgan fingerprint density at radius 1 is 1.00 bits per heavy atom. The van der Waals surface area contributed by atoms with Crippen LogP contribution in [0.4, 0.5) is 0 Å². The van der Waals surface area contributed by atoms with E-state index in [9.17, 15) is 10.2 Å². The second-order valence-corrected chi connectivity index (χ2v) is 4.77. The lowest BCUT2D eigenvalue weighted by molar-refractivity contribution is 0.213. The molecule has 2 aromatic carbocycles. The summed E-state index contributed by atoms with van der Waals surface area (Å²) >= 11 is 12.0. The van der Waals surface area contributed by atoms with Crippen LogP contribution in [0.25, 0.3) is 0 Å². The highest BCUT2D eigenvalue weighted by atomic mass is 35.5. The molecule has 4 heteroatoms. The molecular weight excluding hydrogens is 271 g/mol. The average molecular weight is 283 g/mol. The van der Waals surface area contributed by atoms with Crippen LogP contribution in [0.1, 0.15) is 22.8 Å². The zero-order valence-corrected chi connectivity index (χ0v) is 11.0. The van der Waals surface area contributed by atoms with Crippen molar-refractivity contribution in [3.8, 4) is 0 Å². The molecule has 0 amide bonds. The lowest BCUT2D eigenvalue weighted by Crippen LogP contribution is -2.04. The molecule has 1 atom stereocenters. The molecule has 2 nitrogen and oxygen atoms in total. The van der Waals surface area contributed by atoms with Crippen molar-refractivity contribution in [1.82, 2.24) is 0 Å². The van der Waals surface area contributed by atoms with Crippen LogP contribution in [0.5, 0.6) is 0 Å². The standard InChI is InChI=1S/C14H12Cl2O2/c15-10-6-5-9(8-17)12(7-10)14(18)11-3-1-2-4-13(11)16/h1-7,14,17-18H,8H2. The molecule has 0 fully saturated rings. The van der Waals surface area contributed by atoms with Crippen molar-refractivity contribution < 1.29 is 10.2 Å². The van der Waals surface area contributed by atoms with Crippen molar-refractivity contribution in [1.29, 1.82) is 0 Å². The van der Waals surface area contributed by atoms with E-state index in [1.807, 2.05) is 0 Å². The normalized spacial score (nSPS) is 12.4. The quantitative estimate of drug-likeness (QED) is 0.904. The van der Waals surface area contributed by atoms with Crippen LogP contribution in [-0.4, -0.2) is 10.2 Å². The Kier molecular flexibility index (Phi) is 4.25. The Bertz CT molecular complexity index is 555. The van der Waals surface area contributed by atoms with Gasteiger partial charge in [0.05, 0.1) is 6.61 Å². The highest BCUT2D eigenvalue weighted by molar-refractivity contribution is 6.31. The van der Waals surface area contributed by atoms with Gasteiger partial charge in [-0.15, -0.1) is 0 Å². The third-order valence-electron chi connectivity index (χ3n) is 2.77. The maximum Gasteiger partial charge on any atom is 0.106 e. The number of aliphatic hydroxyl groups excluding tert-OH is 2. The summed E-state index contributed by atoms with van der Waals surface area (Å²) in [7, 11) is 0. The van der Waals surface area contributed by atoms with Crippen LogP contribution < -0.4 is 0 Å². The van der Waals surface area contributed by atoms with Gasteiger partial charge in [0.15, 0.2) is 0 Å². The predicted molar refractivity (Wildman–Crippen MR) is 72.9 cm³/mol.